The van der Waals surface area contributed by atoms with Gasteiger partial charge in [-0.25, -0.2) is 0 Å². The minimum absolute atomic E-state index is 0.0367. The highest BCUT2D eigenvalue weighted by Crippen LogP contribution is 2.77. The molecule has 1 aromatic carbocycles. The highest BCUT2D eigenvalue weighted by molar-refractivity contribution is 5.76. The minimum Gasteiger partial charge on any atom is -0.459 e. The first-order valence-electron chi connectivity index (χ1n) is 10.5. The summed E-state index contributed by atoms with van der Waals surface area (Å²) >= 11 is 0. The Kier molecular flexibility index (Phi) is 3.66. The molecule has 4 aliphatic carbocycles. The molecule has 0 aromatic heterocycles. The first-order chi connectivity index (χ1) is 13.3. The fourth-order valence-corrected chi connectivity index (χ4v) is 7.34. The molecule has 1 aromatic rings. The van der Waals surface area contributed by atoms with Crippen molar-refractivity contribution in [2.24, 2.45) is 16.7 Å². The van der Waals surface area contributed by atoms with Crippen molar-refractivity contribution >= 4 is 17.5 Å². The number of carbonyl (C=O) groups is 2. The fourth-order valence-electron chi connectivity index (χ4n) is 7.34. The summed E-state index contributed by atoms with van der Waals surface area (Å²) in [5, 5.41) is 0. The lowest BCUT2D eigenvalue weighted by atomic mass is 9.51. The smallest absolute Gasteiger partial charge is 0.308 e. The van der Waals surface area contributed by atoms with Crippen LogP contribution in [-0.4, -0.2) is 17.5 Å². The fraction of sp³-hybridized carbons (Fsp3) is 0.583. The molecule has 2 fully saturated rings. The molecule has 0 heterocycles. The maximum absolute atomic E-state index is 11.9. The molecular weight excluding hydrogens is 352 g/mol. The molecule has 0 spiro atoms. The summed E-state index contributed by atoms with van der Waals surface area (Å²) in [6.45, 7) is 5.37. The Morgan fingerprint density at radius 3 is 2.50 bits per heavy atom. The maximum atomic E-state index is 11.9. The van der Waals surface area contributed by atoms with E-state index in [0.717, 1.165) is 44.9 Å². The van der Waals surface area contributed by atoms with Gasteiger partial charge in [-0.2, -0.15) is 0 Å². The van der Waals surface area contributed by atoms with Gasteiger partial charge in [0, 0.05) is 19.3 Å². The quantitative estimate of drug-likeness (QED) is 0.544. The minimum atomic E-state index is -0.279. The molecule has 0 aliphatic heterocycles. The molecule has 2 bridgehead atoms. The van der Waals surface area contributed by atoms with Crippen molar-refractivity contribution in [2.45, 2.75) is 71.3 Å². The SMILES string of the molecule is CC(=O)Oc1ccc2c(c1)CC[C@@H]1C2=CC[C@]2(C)C3(OC(C)=O)CCC12CC3. The Balaban J connectivity index is 1.55. The molecule has 2 atom stereocenters. The molecule has 28 heavy (non-hydrogen) atoms. The second kappa shape index (κ2) is 5.71. The van der Waals surface area contributed by atoms with Crippen LogP contribution in [0, 0.1) is 16.7 Å². The van der Waals surface area contributed by atoms with Crippen LogP contribution in [0.4, 0.5) is 0 Å². The molecule has 4 nitrogen and oxygen atoms in total. The zero-order valence-corrected chi connectivity index (χ0v) is 17.0. The lowest BCUT2D eigenvalue weighted by Gasteiger charge is -2.53. The molecule has 0 unspecified atom stereocenters. The standard InChI is InChI=1S/C24H28O4/c1-15(25)27-18-5-6-19-17(14-18)4-7-21-20(19)8-9-22(3)23(21)10-12-24(22,13-11-23)28-16(2)26/h5-6,8,14,21H,4,7,9-13H2,1-3H3/t21-,22+,23?,24?/m1/s1. The highest BCUT2D eigenvalue weighted by Gasteiger charge is 2.74. The van der Waals surface area contributed by atoms with Crippen molar-refractivity contribution in [3.05, 3.63) is 35.4 Å². The second-order valence-corrected chi connectivity index (χ2v) is 9.44. The van der Waals surface area contributed by atoms with Crippen LogP contribution in [0.15, 0.2) is 24.3 Å². The van der Waals surface area contributed by atoms with Crippen molar-refractivity contribution < 1.29 is 19.1 Å². The van der Waals surface area contributed by atoms with E-state index in [2.05, 4.69) is 19.1 Å². The third-order valence-corrected chi connectivity index (χ3v) is 8.52. The van der Waals surface area contributed by atoms with Gasteiger partial charge in [-0.3, -0.25) is 9.59 Å². The van der Waals surface area contributed by atoms with Gasteiger partial charge in [0.05, 0.1) is 0 Å². The molecule has 0 radical (unpaired) electrons. The van der Waals surface area contributed by atoms with E-state index in [1.807, 2.05) is 12.1 Å². The zero-order valence-electron chi connectivity index (χ0n) is 17.0. The molecule has 0 amide bonds. The number of esters is 2. The van der Waals surface area contributed by atoms with Crippen LogP contribution >= 0.6 is 0 Å². The summed E-state index contributed by atoms with van der Waals surface area (Å²) in [7, 11) is 0. The average Bonchev–Trinajstić information content (AvgIpc) is 3.03. The number of allylic oxidation sites excluding steroid dienone is 2. The van der Waals surface area contributed by atoms with Gasteiger partial charge in [0.1, 0.15) is 11.4 Å². The Bertz CT molecular complexity index is 903. The molecule has 4 heteroatoms. The Morgan fingerprint density at radius 2 is 1.82 bits per heavy atom. The highest BCUT2D eigenvalue weighted by atomic mass is 16.6. The van der Waals surface area contributed by atoms with Gasteiger partial charge in [-0.05, 0) is 85.1 Å². The lowest BCUT2D eigenvalue weighted by Crippen LogP contribution is -2.50. The van der Waals surface area contributed by atoms with E-state index in [-0.39, 0.29) is 28.4 Å². The topological polar surface area (TPSA) is 52.6 Å². The number of benzene rings is 1. The van der Waals surface area contributed by atoms with Crippen LogP contribution in [0.2, 0.25) is 0 Å². The summed E-state index contributed by atoms with van der Waals surface area (Å²) in [6.07, 6.45) is 9.81. The zero-order chi connectivity index (χ0) is 19.7. The van der Waals surface area contributed by atoms with Gasteiger partial charge in [-0.1, -0.05) is 19.1 Å². The second-order valence-electron chi connectivity index (χ2n) is 9.44. The van der Waals surface area contributed by atoms with Gasteiger partial charge in [0.15, 0.2) is 0 Å². The normalized spacial score (nSPS) is 37.4. The van der Waals surface area contributed by atoms with Crippen molar-refractivity contribution in [3.63, 3.8) is 0 Å². The third kappa shape index (κ3) is 2.12. The van der Waals surface area contributed by atoms with Gasteiger partial charge < -0.3 is 9.47 Å². The van der Waals surface area contributed by atoms with Crippen molar-refractivity contribution in [2.75, 3.05) is 0 Å². The van der Waals surface area contributed by atoms with E-state index < -0.39 is 0 Å². The van der Waals surface area contributed by atoms with E-state index in [1.54, 1.807) is 6.92 Å². The number of hydrogen-bond acceptors (Lipinski definition) is 4. The summed E-state index contributed by atoms with van der Waals surface area (Å²) in [4.78, 5) is 23.2. The number of hydrogen-bond donors (Lipinski definition) is 0. The van der Waals surface area contributed by atoms with Crippen LogP contribution in [0.3, 0.4) is 0 Å². The summed E-state index contributed by atoms with van der Waals surface area (Å²) in [6, 6.07) is 6.08. The number of rotatable bonds is 2. The average molecular weight is 380 g/mol. The Hall–Kier alpha value is -2.10. The van der Waals surface area contributed by atoms with E-state index in [1.165, 1.54) is 23.6 Å². The predicted molar refractivity (Wildman–Crippen MR) is 106 cm³/mol. The van der Waals surface area contributed by atoms with Crippen LogP contribution in [0.1, 0.15) is 70.4 Å². The van der Waals surface area contributed by atoms with E-state index in [9.17, 15) is 9.59 Å². The van der Waals surface area contributed by atoms with E-state index >= 15 is 0 Å². The van der Waals surface area contributed by atoms with Crippen molar-refractivity contribution in [1.29, 1.82) is 0 Å². The van der Waals surface area contributed by atoms with Crippen LogP contribution in [0.25, 0.3) is 5.57 Å². The largest absolute Gasteiger partial charge is 0.459 e. The molecule has 2 saturated carbocycles. The third-order valence-electron chi connectivity index (χ3n) is 8.52. The van der Waals surface area contributed by atoms with Crippen LogP contribution < -0.4 is 4.74 Å². The van der Waals surface area contributed by atoms with Crippen molar-refractivity contribution in [1.82, 2.24) is 0 Å². The van der Waals surface area contributed by atoms with E-state index in [4.69, 9.17) is 9.47 Å². The molecule has 0 N–H and O–H groups in total. The summed E-state index contributed by atoms with van der Waals surface area (Å²) in [5.74, 6) is 0.748. The first-order valence-corrected chi connectivity index (χ1v) is 10.5. The summed E-state index contributed by atoms with van der Waals surface area (Å²) < 4.78 is 11.3. The number of carbonyl (C=O) groups excluding carboxylic acids is 2. The Morgan fingerprint density at radius 1 is 1.07 bits per heavy atom. The summed E-state index contributed by atoms with van der Waals surface area (Å²) in [5.41, 5.74) is 4.06. The molecular formula is C24H28O4. The van der Waals surface area contributed by atoms with Gasteiger partial charge >= 0.3 is 11.9 Å². The number of fused-ring (bicyclic) bond motifs is 3. The molecule has 0 saturated heterocycles. The van der Waals surface area contributed by atoms with Gasteiger partial charge in [-0.15, -0.1) is 0 Å². The first kappa shape index (κ1) is 18.0. The van der Waals surface area contributed by atoms with Crippen molar-refractivity contribution in [3.8, 4) is 5.75 Å². The molecule has 5 rings (SSSR count). The molecule has 4 aliphatic rings. The number of ether oxygens (including phenoxy) is 2. The lowest BCUT2D eigenvalue weighted by molar-refractivity contribution is -0.169. The predicted octanol–water partition coefficient (Wildman–Crippen LogP) is 4.84. The monoisotopic (exact) mass is 380 g/mol. The van der Waals surface area contributed by atoms with Gasteiger partial charge in [0.2, 0.25) is 0 Å². The molecule has 148 valence electrons. The Labute approximate surface area is 166 Å². The van der Waals surface area contributed by atoms with Gasteiger partial charge in [0.25, 0.3) is 0 Å². The maximum Gasteiger partial charge on any atom is 0.308 e. The van der Waals surface area contributed by atoms with E-state index in [0.29, 0.717) is 11.7 Å². The van der Waals surface area contributed by atoms with Crippen LogP contribution in [-0.2, 0) is 20.7 Å². The number of aryl methyl sites for hydroxylation is 1. The van der Waals surface area contributed by atoms with Crippen LogP contribution in [0.5, 0.6) is 5.75 Å².